The molecule has 17 heavy (non-hydrogen) atoms. The summed E-state index contributed by atoms with van der Waals surface area (Å²) in [5.41, 5.74) is 4.18. The quantitative estimate of drug-likeness (QED) is 0.605. The molecule has 0 saturated carbocycles. The molecule has 0 aromatic carbocycles. The monoisotopic (exact) mass is 230 g/mol. The van der Waals surface area contributed by atoms with E-state index < -0.39 is 0 Å². The molecule has 0 unspecified atom stereocenters. The minimum absolute atomic E-state index is 0.527. The second-order valence-corrected chi connectivity index (χ2v) is 3.57. The number of hydrogen-bond acceptors (Lipinski definition) is 6. The van der Waals surface area contributed by atoms with Gasteiger partial charge in [0.05, 0.1) is 5.69 Å². The van der Waals surface area contributed by atoms with Gasteiger partial charge >= 0.3 is 0 Å². The Bertz CT molecular complexity index is 485. The maximum absolute atomic E-state index is 5.36. The van der Waals surface area contributed by atoms with Crippen LogP contribution in [0.15, 0.2) is 24.5 Å². The zero-order valence-corrected chi connectivity index (χ0v) is 9.59. The van der Waals surface area contributed by atoms with Crippen molar-refractivity contribution in [3.63, 3.8) is 0 Å². The number of nitrogens with two attached hydrogens (primary N) is 1. The van der Waals surface area contributed by atoms with Gasteiger partial charge in [-0.25, -0.2) is 10.8 Å². The van der Waals surface area contributed by atoms with Gasteiger partial charge in [0.1, 0.15) is 0 Å². The standard InChI is InChI=1S/C11H14N6/c1-2-4-9-11(15-12)17-16-10(14-9)8-5-3-6-13-7-8/h3,5-7H,2,4,12H2,1H3,(H,15,17). The summed E-state index contributed by atoms with van der Waals surface area (Å²) in [5.74, 6) is 6.46. The molecule has 0 atom stereocenters. The third-order valence-corrected chi connectivity index (χ3v) is 2.30. The average molecular weight is 230 g/mol. The molecule has 0 aliphatic heterocycles. The van der Waals surface area contributed by atoms with Crippen LogP contribution in [-0.2, 0) is 6.42 Å². The number of rotatable bonds is 4. The van der Waals surface area contributed by atoms with Crippen LogP contribution in [0.2, 0.25) is 0 Å². The fourth-order valence-electron chi connectivity index (χ4n) is 1.50. The molecule has 0 aliphatic rings. The van der Waals surface area contributed by atoms with Gasteiger partial charge in [-0.05, 0) is 18.6 Å². The number of nitrogens with zero attached hydrogens (tertiary/aromatic N) is 4. The van der Waals surface area contributed by atoms with Gasteiger partial charge in [-0.3, -0.25) is 4.98 Å². The zero-order chi connectivity index (χ0) is 12.1. The highest BCUT2D eigenvalue weighted by Crippen LogP contribution is 2.16. The number of nitrogens with one attached hydrogen (secondary N) is 1. The Kier molecular flexibility index (Phi) is 3.56. The van der Waals surface area contributed by atoms with Crippen molar-refractivity contribution in [1.82, 2.24) is 20.2 Å². The Hall–Kier alpha value is -2.08. The van der Waals surface area contributed by atoms with Crippen molar-refractivity contribution in [1.29, 1.82) is 0 Å². The van der Waals surface area contributed by atoms with Gasteiger partial charge < -0.3 is 5.43 Å². The van der Waals surface area contributed by atoms with Crippen molar-refractivity contribution in [2.45, 2.75) is 19.8 Å². The summed E-state index contributed by atoms with van der Waals surface area (Å²) >= 11 is 0. The Labute approximate surface area is 99.3 Å². The highest BCUT2D eigenvalue weighted by Gasteiger charge is 2.08. The predicted molar refractivity (Wildman–Crippen MR) is 64.9 cm³/mol. The SMILES string of the molecule is CCCc1nc(-c2cccnc2)nnc1NN. The smallest absolute Gasteiger partial charge is 0.184 e. The number of hydrazine groups is 1. The molecule has 2 rings (SSSR count). The van der Waals surface area contributed by atoms with E-state index in [2.05, 4.69) is 32.5 Å². The normalized spacial score (nSPS) is 10.2. The first kappa shape index (κ1) is 11.4. The molecule has 0 radical (unpaired) electrons. The lowest BCUT2D eigenvalue weighted by Crippen LogP contribution is -2.14. The van der Waals surface area contributed by atoms with E-state index in [0.717, 1.165) is 24.1 Å². The lowest BCUT2D eigenvalue weighted by molar-refractivity contribution is 0.841. The van der Waals surface area contributed by atoms with E-state index in [1.165, 1.54) is 0 Å². The fourth-order valence-corrected chi connectivity index (χ4v) is 1.50. The molecule has 0 saturated heterocycles. The van der Waals surface area contributed by atoms with Gasteiger partial charge in [0.15, 0.2) is 11.6 Å². The van der Waals surface area contributed by atoms with Crippen LogP contribution >= 0.6 is 0 Å². The minimum Gasteiger partial charge on any atom is -0.305 e. The van der Waals surface area contributed by atoms with Crippen LogP contribution in [0.25, 0.3) is 11.4 Å². The molecule has 0 spiro atoms. The van der Waals surface area contributed by atoms with Crippen molar-refractivity contribution in [3.8, 4) is 11.4 Å². The second kappa shape index (κ2) is 5.31. The lowest BCUT2D eigenvalue weighted by Gasteiger charge is -2.06. The van der Waals surface area contributed by atoms with Gasteiger partial charge in [-0.2, -0.15) is 0 Å². The number of aryl methyl sites for hydroxylation is 1. The second-order valence-electron chi connectivity index (χ2n) is 3.57. The zero-order valence-electron chi connectivity index (χ0n) is 9.59. The van der Waals surface area contributed by atoms with E-state index in [4.69, 9.17) is 5.84 Å². The number of pyridine rings is 1. The first-order valence-corrected chi connectivity index (χ1v) is 5.45. The number of anilines is 1. The first-order valence-electron chi connectivity index (χ1n) is 5.45. The Morgan fingerprint density at radius 1 is 1.35 bits per heavy atom. The van der Waals surface area contributed by atoms with Crippen molar-refractivity contribution < 1.29 is 0 Å². The molecule has 6 heteroatoms. The fraction of sp³-hybridized carbons (Fsp3) is 0.273. The largest absolute Gasteiger partial charge is 0.305 e. The highest BCUT2D eigenvalue weighted by molar-refractivity contribution is 5.54. The van der Waals surface area contributed by atoms with Crippen LogP contribution in [0, 0.1) is 0 Å². The molecular weight excluding hydrogens is 216 g/mol. The Balaban J connectivity index is 2.40. The van der Waals surface area contributed by atoms with Crippen LogP contribution in [0.1, 0.15) is 19.0 Å². The summed E-state index contributed by atoms with van der Waals surface area (Å²) in [5, 5.41) is 8.03. The third-order valence-electron chi connectivity index (χ3n) is 2.30. The Morgan fingerprint density at radius 2 is 2.24 bits per heavy atom. The van der Waals surface area contributed by atoms with Crippen molar-refractivity contribution >= 4 is 5.82 Å². The maximum Gasteiger partial charge on any atom is 0.184 e. The average Bonchev–Trinajstić information content (AvgIpc) is 2.40. The summed E-state index contributed by atoms with van der Waals surface area (Å²) in [6.07, 6.45) is 5.20. The van der Waals surface area contributed by atoms with Gasteiger partial charge in [-0.15, -0.1) is 10.2 Å². The Morgan fingerprint density at radius 3 is 2.88 bits per heavy atom. The predicted octanol–water partition coefficient (Wildman–Crippen LogP) is 1.17. The van der Waals surface area contributed by atoms with E-state index in [1.54, 1.807) is 12.4 Å². The number of aromatic nitrogens is 4. The van der Waals surface area contributed by atoms with Gasteiger partial charge in [0.25, 0.3) is 0 Å². The van der Waals surface area contributed by atoms with E-state index >= 15 is 0 Å². The summed E-state index contributed by atoms with van der Waals surface area (Å²) in [6.45, 7) is 2.08. The molecule has 0 bridgehead atoms. The van der Waals surface area contributed by atoms with Crippen LogP contribution in [0.5, 0.6) is 0 Å². The topological polar surface area (TPSA) is 89.6 Å². The molecular formula is C11H14N6. The van der Waals surface area contributed by atoms with E-state index in [1.807, 2.05) is 12.1 Å². The first-order chi connectivity index (χ1) is 8.35. The molecule has 2 aromatic rings. The van der Waals surface area contributed by atoms with Crippen LogP contribution < -0.4 is 11.3 Å². The minimum atomic E-state index is 0.527. The lowest BCUT2D eigenvalue weighted by atomic mass is 10.2. The maximum atomic E-state index is 5.36. The van der Waals surface area contributed by atoms with Crippen molar-refractivity contribution in [2.75, 3.05) is 5.43 Å². The molecule has 0 fully saturated rings. The summed E-state index contributed by atoms with van der Waals surface area (Å²) in [4.78, 5) is 8.48. The van der Waals surface area contributed by atoms with E-state index in [0.29, 0.717) is 11.6 Å². The molecule has 2 aromatic heterocycles. The molecule has 0 aliphatic carbocycles. The molecule has 88 valence electrons. The summed E-state index contributed by atoms with van der Waals surface area (Å²) in [7, 11) is 0. The number of hydrogen-bond donors (Lipinski definition) is 2. The molecule has 0 amide bonds. The summed E-state index contributed by atoms with van der Waals surface area (Å²) < 4.78 is 0. The highest BCUT2D eigenvalue weighted by atomic mass is 15.3. The number of nitrogen functional groups attached to an aromatic ring is 1. The van der Waals surface area contributed by atoms with Gasteiger partial charge in [0, 0.05) is 18.0 Å². The molecule has 3 N–H and O–H groups in total. The van der Waals surface area contributed by atoms with Crippen LogP contribution in [0.4, 0.5) is 5.82 Å². The van der Waals surface area contributed by atoms with Crippen LogP contribution in [-0.4, -0.2) is 20.2 Å². The van der Waals surface area contributed by atoms with E-state index in [-0.39, 0.29) is 0 Å². The van der Waals surface area contributed by atoms with Gasteiger partial charge in [0.2, 0.25) is 0 Å². The van der Waals surface area contributed by atoms with Crippen LogP contribution in [0.3, 0.4) is 0 Å². The molecule has 2 heterocycles. The van der Waals surface area contributed by atoms with Crippen molar-refractivity contribution in [2.24, 2.45) is 5.84 Å². The summed E-state index contributed by atoms with van der Waals surface area (Å²) in [6, 6.07) is 3.74. The third kappa shape index (κ3) is 2.54. The molecule has 6 nitrogen and oxygen atoms in total. The van der Waals surface area contributed by atoms with Crippen molar-refractivity contribution in [3.05, 3.63) is 30.2 Å². The van der Waals surface area contributed by atoms with Gasteiger partial charge in [-0.1, -0.05) is 13.3 Å². The van der Waals surface area contributed by atoms with E-state index in [9.17, 15) is 0 Å².